The summed E-state index contributed by atoms with van der Waals surface area (Å²) in [7, 11) is 1.66. The van der Waals surface area contributed by atoms with Gasteiger partial charge in [-0.15, -0.1) is 0 Å². The highest BCUT2D eigenvalue weighted by molar-refractivity contribution is 5.94. The van der Waals surface area contributed by atoms with Gasteiger partial charge in [-0.1, -0.05) is 0 Å². The van der Waals surface area contributed by atoms with Crippen molar-refractivity contribution in [1.29, 1.82) is 0 Å². The maximum absolute atomic E-state index is 13.1. The van der Waals surface area contributed by atoms with Gasteiger partial charge in [-0.05, 0) is 31.4 Å². The maximum atomic E-state index is 13.1. The van der Waals surface area contributed by atoms with E-state index in [1.807, 2.05) is 0 Å². The first-order valence-corrected chi connectivity index (χ1v) is 5.63. The van der Waals surface area contributed by atoms with Gasteiger partial charge >= 0.3 is 0 Å². The Morgan fingerprint density at radius 1 is 1.47 bits per heavy atom. The van der Waals surface area contributed by atoms with Crippen molar-refractivity contribution >= 4 is 5.91 Å². The predicted molar refractivity (Wildman–Crippen MR) is 62.3 cm³/mol. The summed E-state index contributed by atoms with van der Waals surface area (Å²) >= 11 is 0. The Labute approximate surface area is 100 Å². The van der Waals surface area contributed by atoms with E-state index in [1.165, 1.54) is 18.3 Å². The molecular weight excluding hydrogens is 223 g/mol. The molecule has 0 radical (unpaired) electrons. The van der Waals surface area contributed by atoms with Crippen LogP contribution in [0.1, 0.15) is 29.6 Å². The molecule has 1 amide bonds. The Morgan fingerprint density at radius 3 is 3.00 bits per heavy atom. The Hall–Kier alpha value is -1.49. The number of carbonyl (C=O) groups excluding carboxylic acids is 1. The number of hydrogen-bond acceptors (Lipinski definition) is 3. The largest absolute Gasteiger partial charge is 0.385 e. The van der Waals surface area contributed by atoms with Crippen LogP contribution in [0.4, 0.5) is 4.39 Å². The van der Waals surface area contributed by atoms with Crippen LogP contribution in [-0.4, -0.2) is 31.2 Å². The summed E-state index contributed by atoms with van der Waals surface area (Å²) < 4.78 is 18.0. The van der Waals surface area contributed by atoms with Crippen molar-refractivity contribution in [3.05, 3.63) is 29.8 Å². The van der Waals surface area contributed by atoms with E-state index in [4.69, 9.17) is 4.74 Å². The maximum Gasteiger partial charge on any atom is 0.255 e. The van der Waals surface area contributed by atoms with Crippen LogP contribution in [0.5, 0.6) is 0 Å². The topological polar surface area (TPSA) is 51.2 Å². The quantitative estimate of drug-likeness (QED) is 0.583. The van der Waals surface area contributed by atoms with E-state index in [0.717, 1.165) is 25.9 Å². The van der Waals surface area contributed by atoms with Gasteiger partial charge in [0.05, 0.1) is 5.56 Å². The second-order valence-corrected chi connectivity index (χ2v) is 3.65. The fourth-order valence-electron chi connectivity index (χ4n) is 1.40. The highest BCUT2D eigenvalue weighted by Gasteiger charge is 2.10. The molecule has 0 aromatic carbocycles. The SMILES string of the molecule is COCCCCCNC(=O)c1cccnc1F. The number of ether oxygens (including phenoxy) is 1. The zero-order valence-electron chi connectivity index (χ0n) is 9.91. The number of halogens is 1. The van der Waals surface area contributed by atoms with Crippen LogP contribution in [0.25, 0.3) is 0 Å². The Bertz CT molecular complexity index is 358. The summed E-state index contributed by atoms with van der Waals surface area (Å²) in [6.45, 7) is 1.27. The molecule has 0 aliphatic heterocycles. The normalized spacial score (nSPS) is 10.2. The Kier molecular flexibility index (Phi) is 6.17. The number of unbranched alkanes of at least 4 members (excludes halogenated alkanes) is 2. The van der Waals surface area contributed by atoms with E-state index < -0.39 is 11.9 Å². The van der Waals surface area contributed by atoms with Crippen molar-refractivity contribution in [3.8, 4) is 0 Å². The van der Waals surface area contributed by atoms with Gasteiger partial charge in [0.15, 0.2) is 0 Å². The van der Waals surface area contributed by atoms with Crippen LogP contribution >= 0.6 is 0 Å². The second-order valence-electron chi connectivity index (χ2n) is 3.65. The van der Waals surface area contributed by atoms with Gasteiger partial charge in [0, 0.05) is 26.5 Å². The van der Waals surface area contributed by atoms with Gasteiger partial charge in [0.25, 0.3) is 5.91 Å². The Balaban J connectivity index is 2.24. The molecule has 0 atom stereocenters. The molecule has 0 fully saturated rings. The van der Waals surface area contributed by atoms with Crippen molar-refractivity contribution < 1.29 is 13.9 Å². The number of aromatic nitrogens is 1. The van der Waals surface area contributed by atoms with Gasteiger partial charge < -0.3 is 10.1 Å². The predicted octanol–water partition coefficient (Wildman–Crippen LogP) is 1.77. The van der Waals surface area contributed by atoms with E-state index in [0.29, 0.717) is 6.54 Å². The summed E-state index contributed by atoms with van der Waals surface area (Å²) in [5, 5.41) is 2.66. The number of methoxy groups -OCH3 is 1. The minimum Gasteiger partial charge on any atom is -0.385 e. The number of amides is 1. The summed E-state index contributed by atoms with van der Waals surface area (Å²) in [6.07, 6.45) is 4.12. The molecular formula is C12H17FN2O2. The van der Waals surface area contributed by atoms with Crippen molar-refractivity contribution in [2.45, 2.75) is 19.3 Å². The number of carbonyl (C=O) groups is 1. The molecule has 1 rings (SSSR count). The van der Waals surface area contributed by atoms with E-state index in [9.17, 15) is 9.18 Å². The van der Waals surface area contributed by atoms with E-state index in [2.05, 4.69) is 10.3 Å². The van der Waals surface area contributed by atoms with Gasteiger partial charge in [-0.25, -0.2) is 4.98 Å². The van der Waals surface area contributed by atoms with Crippen molar-refractivity contribution in [3.63, 3.8) is 0 Å². The molecule has 1 N–H and O–H groups in total. The average molecular weight is 240 g/mol. The fraction of sp³-hybridized carbons (Fsp3) is 0.500. The van der Waals surface area contributed by atoms with Crippen LogP contribution in [0.15, 0.2) is 18.3 Å². The summed E-state index contributed by atoms with van der Waals surface area (Å²) in [5.74, 6) is -1.15. The second kappa shape index (κ2) is 7.73. The van der Waals surface area contributed by atoms with Crippen LogP contribution in [-0.2, 0) is 4.74 Å². The summed E-state index contributed by atoms with van der Waals surface area (Å²) in [6, 6.07) is 2.96. The number of nitrogens with one attached hydrogen (secondary N) is 1. The highest BCUT2D eigenvalue weighted by atomic mass is 19.1. The monoisotopic (exact) mass is 240 g/mol. The third-order valence-corrected chi connectivity index (χ3v) is 2.31. The lowest BCUT2D eigenvalue weighted by Crippen LogP contribution is -2.25. The molecule has 5 heteroatoms. The molecule has 0 spiro atoms. The van der Waals surface area contributed by atoms with Crippen molar-refractivity contribution in [1.82, 2.24) is 10.3 Å². The van der Waals surface area contributed by atoms with E-state index in [1.54, 1.807) is 7.11 Å². The van der Waals surface area contributed by atoms with Crippen LogP contribution < -0.4 is 5.32 Å². The molecule has 0 saturated heterocycles. The standard InChI is InChI=1S/C12H17FN2O2/c1-17-9-4-2-3-7-15-12(16)10-6-5-8-14-11(10)13/h5-6,8H,2-4,7,9H2,1H3,(H,15,16). The van der Waals surface area contributed by atoms with E-state index in [-0.39, 0.29) is 5.56 Å². The lowest BCUT2D eigenvalue weighted by molar-refractivity contribution is 0.0947. The van der Waals surface area contributed by atoms with Crippen LogP contribution in [0.2, 0.25) is 0 Å². The van der Waals surface area contributed by atoms with Gasteiger partial charge in [0.2, 0.25) is 5.95 Å². The first-order valence-electron chi connectivity index (χ1n) is 5.63. The smallest absolute Gasteiger partial charge is 0.255 e. The minimum atomic E-state index is -0.732. The van der Waals surface area contributed by atoms with E-state index >= 15 is 0 Å². The molecule has 4 nitrogen and oxygen atoms in total. The van der Waals surface area contributed by atoms with Gasteiger partial charge in [0.1, 0.15) is 0 Å². The molecule has 94 valence electrons. The van der Waals surface area contributed by atoms with Crippen LogP contribution in [0, 0.1) is 5.95 Å². The number of nitrogens with zero attached hydrogens (tertiary/aromatic N) is 1. The molecule has 1 aromatic heterocycles. The molecule has 0 bridgehead atoms. The molecule has 0 unspecified atom stereocenters. The van der Waals surface area contributed by atoms with Crippen molar-refractivity contribution in [2.75, 3.05) is 20.3 Å². The zero-order chi connectivity index (χ0) is 12.5. The van der Waals surface area contributed by atoms with Gasteiger partial charge in [-0.3, -0.25) is 4.79 Å². The zero-order valence-corrected chi connectivity index (χ0v) is 9.91. The van der Waals surface area contributed by atoms with Crippen LogP contribution in [0.3, 0.4) is 0 Å². The number of rotatable bonds is 7. The lowest BCUT2D eigenvalue weighted by Gasteiger charge is -2.05. The molecule has 1 aromatic rings. The van der Waals surface area contributed by atoms with Crippen molar-refractivity contribution in [2.24, 2.45) is 0 Å². The number of pyridine rings is 1. The number of hydrogen-bond donors (Lipinski definition) is 1. The fourth-order valence-corrected chi connectivity index (χ4v) is 1.40. The first kappa shape index (κ1) is 13.6. The third-order valence-electron chi connectivity index (χ3n) is 2.31. The molecule has 0 aliphatic carbocycles. The Morgan fingerprint density at radius 2 is 2.29 bits per heavy atom. The molecule has 1 heterocycles. The lowest BCUT2D eigenvalue weighted by atomic mass is 10.2. The summed E-state index contributed by atoms with van der Waals surface area (Å²) in [4.78, 5) is 15.0. The van der Waals surface area contributed by atoms with Gasteiger partial charge in [-0.2, -0.15) is 4.39 Å². The highest BCUT2D eigenvalue weighted by Crippen LogP contribution is 2.02. The molecule has 17 heavy (non-hydrogen) atoms. The molecule has 0 saturated carbocycles. The summed E-state index contributed by atoms with van der Waals surface area (Å²) in [5.41, 5.74) is -0.00982. The first-order chi connectivity index (χ1) is 8.25. The minimum absolute atomic E-state index is 0.00982. The average Bonchev–Trinajstić information content (AvgIpc) is 2.34. The third kappa shape index (κ3) is 4.91. The molecule has 0 aliphatic rings.